The summed E-state index contributed by atoms with van der Waals surface area (Å²) < 4.78 is 9.92. The van der Waals surface area contributed by atoms with Crippen molar-refractivity contribution in [3.05, 3.63) is 24.3 Å². The maximum atomic E-state index is 10.4. The Morgan fingerprint density at radius 3 is 2.78 bits per heavy atom. The molecule has 0 fully saturated rings. The Balaban J connectivity index is 2.10. The molecule has 94 valence electrons. The van der Waals surface area contributed by atoms with Crippen molar-refractivity contribution in [3.63, 3.8) is 0 Å². The highest BCUT2D eigenvalue weighted by atomic mass is 32.2. The molecule has 18 heavy (non-hydrogen) atoms. The molecule has 0 atom stereocenters. The van der Waals surface area contributed by atoms with Gasteiger partial charge in [-0.3, -0.25) is 4.79 Å². The molecule has 0 bridgehead atoms. The summed E-state index contributed by atoms with van der Waals surface area (Å²) >= 11 is 2.38. The summed E-state index contributed by atoms with van der Waals surface area (Å²) in [6, 6.07) is 7.40. The molecule has 0 saturated carbocycles. The Bertz CT molecular complexity index is 539. The van der Waals surface area contributed by atoms with E-state index in [1.165, 1.54) is 23.3 Å². The number of hydrogen-bond acceptors (Lipinski definition) is 6. The zero-order chi connectivity index (χ0) is 13.0. The fourth-order valence-electron chi connectivity index (χ4n) is 1.25. The van der Waals surface area contributed by atoms with Crippen LogP contribution in [-0.2, 0) is 4.79 Å². The first kappa shape index (κ1) is 12.8. The van der Waals surface area contributed by atoms with Gasteiger partial charge in [-0.15, -0.1) is 0 Å². The molecule has 7 heteroatoms. The predicted octanol–water partition coefficient (Wildman–Crippen LogP) is 2.39. The van der Waals surface area contributed by atoms with Gasteiger partial charge in [0.1, 0.15) is 5.75 Å². The van der Waals surface area contributed by atoms with Crippen LogP contribution >= 0.6 is 23.3 Å². The van der Waals surface area contributed by atoms with Crippen molar-refractivity contribution in [2.24, 2.45) is 0 Å². The summed E-state index contributed by atoms with van der Waals surface area (Å²) in [6.07, 6.45) is 0. The van der Waals surface area contributed by atoms with Crippen molar-refractivity contribution in [2.45, 2.75) is 4.34 Å². The second-order valence-electron chi connectivity index (χ2n) is 3.29. The van der Waals surface area contributed by atoms with Crippen molar-refractivity contribution < 1.29 is 14.6 Å². The number of carbonyl (C=O) groups is 1. The average molecular weight is 282 g/mol. The maximum Gasteiger partial charge on any atom is 0.313 e. The number of nitrogens with zero attached hydrogens (tertiary/aromatic N) is 2. The molecular formula is C11H10N2O3S2. The normalized spacial score (nSPS) is 10.3. The minimum atomic E-state index is -0.860. The van der Waals surface area contributed by atoms with E-state index in [0.717, 1.165) is 11.3 Å². The smallest absolute Gasteiger partial charge is 0.313 e. The lowest BCUT2D eigenvalue weighted by molar-refractivity contribution is -0.133. The van der Waals surface area contributed by atoms with Gasteiger partial charge in [0.25, 0.3) is 0 Å². The minimum Gasteiger partial charge on any atom is -0.497 e. The van der Waals surface area contributed by atoms with E-state index in [1.54, 1.807) is 7.11 Å². The van der Waals surface area contributed by atoms with Gasteiger partial charge in [-0.25, -0.2) is 4.98 Å². The van der Waals surface area contributed by atoms with Crippen molar-refractivity contribution in [2.75, 3.05) is 12.9 Å². The molecule has 0 amide bonds. The number of thioether (sulfide) groups is 1. The average Bonchev–Trinajstić information content (AvgIpc) is 2.85. The van der Waals surface area contributed by atoms with Crippen LogP contribution in [-0.4, -0.2) is 33.3 Å². The molecule has 0 radical (unpaired) electrons. The quantitative estimate of drug-likeness (QED) is 0.849. The van der Waals surface area contributed by atoms with Crippen LogP contribution in [0.15, 0.2) is 28.6 Å². The van der Waals surface area contributed by atoms with Crippen LogP contribution in [0.4, 0.5) is 0 Å². The molecule has 0 aliphatic heterocycles. The highest BCUT2D eigenvalue weighted by Gasteiger charge is 2.08. The van der Waals surface area contributed by atoms with Crippen LogP contribution < -0.4 is 4.74 Å². The van der Waals surface area contributed by atoms with E-state index >= 15 is 0 Å². The summed E-state index contributed by atoms with van der Waals surface area (Å²) in [5, 5.41) is 8.58. The number of carboxylic acid groups (broad SMARTS) is 1. The molecule has 1 N–H and O–H groups in total. The number of rotatable bonds is 5. The number of hydrogen-bond donors (Lipinski definition) is 1. The summed E-state index contributed by atoms with van der Waals surface area (Å²) in [4.78, 5) is 14.7. The largest absolute Gasteiger partial charge is 0.497 e. The number of carboxylic acids is 1. The zero-order valence-corrected chi connectivity index (χ0v) is 11.1. The number of methoxy groups -OCH3 is 1. The van der Waals surface area contributed by atoms with Gasteiger partial charge in [0.2, 0.25) is 0 Å². The maximum absolute atomic E-state index is 10.4. The van der Waals surface area contributed by atoms with Crippen molar-refractivity contribution in [1.29, 1.82) is 0 Å². The van der Waals surface area contributed by atoms with Gasteiger partial charge in [-0.1, -0.05) is 11.8 Å². The number of aliphatic carboxylic acids is 1. The summed E-state index contributed by atoms with van der Waals surface area (Å²) in [5.41, 5.74) is 0.884. The van der Waals surface area contributed by atoms with Crippen LogP contribution in [0.3, 0.4) is 0 Å². The fraction of sp³-hybridized carbons (Fsp3) is 0.182. The van der Waals surface area contributed by atoms with Gasteiger partial charge >= 0.3 is 5.97 Å². The molecular weight excluding hydrogens is 272 g/mol. The van der Waals surface area contributed by atoms with Gasteiger partial charge in [-0.05, 0) is 35.8 Å². The van der Waals surface area contributed by atoms with Crippen LogP contribution in [0.2, 0.25) is 0 Å². The van der Waals surface area contributed by atoms with Gasteiger partial charge < -0.3 is 9.84 Å². The Morgan fingerprint density at radius 2 is 2.17 bits per heavy atom. The lowest BCUT2D eigenvalue weighted by atomic mass is 10.2. The fourth-order valence-corrected chi connectivity index (χ4v) is 2.58. The van der Waals surface area contributed by atoms with Gasteiger partial charge in [0.05, 0.1) is 12.9 Å². The van der Waals surface area contributed by atoms with E-state index in [9.17, 15) is 4.79 Å². The third-order valence-electron chi connectivity index (χ3n) is 2.07. The molecule has 2 aromatic rings. The zero-order valence-electron chi connectivity index (χ0n) is 9.49. The second-order valence-corrected chi connectivity index (χ2v) is 5.27. The van der Waals surface area contributed by atoms with Gasteiger partial charge in [0, 0.05) is 5.56 Å². The summed E-state index contributed by atoms with van der Waals surface area (Å²) in [6.45, 7) is 0. The Hall–Kier alpha value is -1.60. The van der Waals surface area contributed by atoms with Crippen LogP contribution in [0, 0.1) is 0 Å². The standard InChI is InChI=1S/C11H10N2O3S2/c1-16-8-4-2-7(3-5-8)10-12-11(18-13-10)17-6-9(14)15/h2-5H,6H2,1H3,(H,14,15). The lowest BCUT2D eigenvalue weighted by Gasteiger charge is -1.99. The molecule has 1 aromatic heterocycles. The monoisotopic (exact) mass is 282 g/mol. The lowest BCUT2D eigenvalue weighted by Crippen LogP contribution is -1.96. The van der Waals surface area contributed by atoms with E-state index < -0.39 is 5.97 Å². The molecule has 0 unspecified atom stereocenters. The topological polar surface area (TPSA) is 72.3 Å². The molecule has 0 aliphatic carbocycles. The first-order chi connectivity index (χ1) is 8.69. The Labute approximate surface area is 112 Å². The van der Waals surface area contributed by atoms with E-state index in [4.69, 9.17) is 9.84 Å². The van der Waals surface area contributed by atoms with Gasteiger partial charge in [-0.2, -0.15) is 4.37 Å². The Kier molecular flexibility index (Phi) is 4.16. The van der Waals surface area contributed by atoms with Crippen molar-refractivity contribution >= 4 is 29.3 Å². The number of ether oxygens (including phenoxy) is 1. The third kappa shape index (κ3) is 3.21. The van der Waals surface area contributed by atoms with Crippen molar-refractivity contribution in [1.82, 2.24) is 9.36 Å². The SMILES string of the molecule is COc1ccc(-c2nsc(SCC(=O)O)n2)cc1. The predicted molar refractivity (Wildman–Crippen MR) is 70.3 cm³/mol. The molecule has 0 aliphatic rings. The van der Waals surface area contributed by atoms with Gasteiger partial charge in [0.15, 0.2) is 10.2 Å². The van der Waals surface area contributed by atoms with E-state index in [2.05, 4.69) is 9.36 Å². The number of aromatic nitrogens is 2. The molecule has 0 spiro atoms. The number of benzene rings is 1. The van der Waals surface area contributed by atoms with E-state index in [0.29, 0.717) is 10.2 Å². The minimum absolute atomic E-state index is 0.00273. The molecule has 1 heterocycles. The van der Waals surface area contributed by atoms with Crippen LogP contribution in [0.25, 0.3) is 11.4 Å². The first-order valence-electron chi connectivity index (χ1n) is 5.02. The molecule has 5 nitrogen and oxygen atoms in total. The molecule has 1 aromatic carbocycles. The highest BCUT2D eigenvalue weighted by Crippen LogP contribution is 2.26. The van der Waals surface area contributed by atoms with Crippen LogP contribution in [0.1, 0.15) is 0 Å². The van der Waals surface area contributed by atoms with Crippen molar-refractivity contribution in [3.8, 4) is 17.1 Å². The Morgan fingerprint density at radius 1 is 1.44 bits per heavy atom. The molecule has 2 rings (SSSR count). The molecule has 0 saturated heterocycles. The highest BCUT2D eigenvalue weighted by molar-refractivity contribution is 8.01. The first-order valence-corrected chi connectivity index (χ1v) is 6.77. The van der Waals surface area contributed by atoms with E-state index in [1.807, 2.05) is 24.3 Å². The summed E-state index contributed by atoms with van der Waals surface area (Å²) in [5.74, 6) is 0.517. The third-order valence-corrected chi connectivity index (χ3v) is 3.89. The summed E-state index contributed by atoms with van der Waals surface area (Å²) in [7, 11) is 1.61. The second kappa shape index (κ2) is 5.83. The van der Waals surface area contributed by atoms with Crippen LogP contribution in [0.5, 0.6) is 5.75 Å². The van der Waals surface area contributed by atoms with E-state index in [-0.39, 0.29) is 5.75 Å².